The van der Waals surface area contributed by atoms with Crippen LogP contribution in [0.2, 0.25) is 0 Å². The molecule has 1 N–H and O–H groups in total. The molecular formula is C5H14ClNO. The summed E-state index contributed by atoms with van der Waals surface area (Å²) in [6.07, 6.45) is 0. The Morgan fingerprint density at radius 2 is 2.00 bits per heavy atom. The first kappa shape index (κ1) is 11.1. The molecule has 0 saturated heterocycles. The number of nitrogens with zero attached hydrogens (tertiary/aromatic N) is 1. The number of aliphatic hydroxyl groups excluding tert-OH is 1. The van der Waals surface area contributed by atoms with E-state index in [9.17, 15) is 0 Å². The first-order valence-electron chi connectivity index (χ1n) is 2.60. The van der Waals surface area contributed by atoms with Crippen LogP contribution in [0.1, 0.15) is 6.92 Å². The Balaban J connectivity index is 0. The third kappa shape index (κ3) is 6.21. The van der Waals surface area contributed by atoms with Crippen molar-refractivity contribution in [1.82, 2.24) is 4.90 Å². The molecule has 0 aliphatic heterocycles. The van der Waals surface area contributed by atoms with Crippen LogP contribution in [0.3, 0.4) is 0 Å². The fourth-order valence-electron chi connectivity index (χ4n) is 0.329. The molecule has 0 fully saturated rings. The summed E-state index contributed by atoms with van der Waals surface area (Å²) in [5.74, 6) is 0. The van der Waals surface area contributed by atoms with Gasteiger partial charge in [-0.3, -0.25) is 0 Å². The normalized spacial score (nSPS) is 9.00. The van der Waals surface area contributed by atoms with Gasteiger partial charge in [-0.2, -0.15) is 0 Å². The highest BCUT2D eigenvalue weighted by molar-refractivity contribution is 5.85. The van der Waals surface area contributed by atoms with E-state index in [2.05, 4.69) is 11.8 Å². The van der Waals surface area contributed by atoms with Gasteiger partial charge in [-0.05, 0) is 13.6 Å². The summed E-state index contributed by atoms with van der Waals surface area (Å²) in [5, 5.41) is 8.33. The topological polar surface area (TPSA) is 23.5 Å². The lowest BCUT2D eigenvalue weighted by Crippen LogP contribution is -2.20. The summed E-state index contributed by atoms with van der Waals surface area (Å²) >= 11 is 0. The van der Waals surface area contributed by atoms with E-state index in [1.54, 1.807) is 0 Å². The lowest BCUT2D eigenvalue weighted by atomic mass is 10.6. The zero-order valence-corrected chi connectivity index (χ0v) is 6.24. The van der Waals surface area contributed by atoms with E-state index in [1.807, 2.05) is 7.05 Å². The molecule has 0 rings (SSSR count). The van der Waals surface area contributed by atoms with E-state index >= 15 is 0 Å². The van der Waals surface area contributed by atoms with Crippen molar-refractivity contribution in [3.05, 3.63) is 0 Å². The third-order valence-electron chi connectivity index (χ3n) is 1.02. The van der Waals surface area contributed by atoms with Crippen LogP contribution in [0.25, 0.3) is 0 Å². The molecule has 2 nitrogen and oxygen atoms in total. The van der Waals surface area contributed by atoms with Gasteiger partial charge in [0.25, 0.3) is 0 Å². The van der Waals surface area contributed by atoms with Crippen molar-refractivity contribution in [1.29, 1.82) is 0 Å². The fourth-order valence-corrected chi connectivity index (χ4v) is 0.329. The summed E-state index contributed by atoms with van der Waals surface area (Å²) in [5.41, 5.74) is 0. The van der Waals surface area contributed by atoms with Gasteiger partial charge in [0.15, 0.2) is 0 Å². The van der Waals surface area contributed by atoms with Crippen LogP contribution in [0, 0.1) is 0 Å². The maximum atomic E-state index is 8.33. The SMILES string of the molecule is CCN(C)CCO.Cl. The number of aliphatic hydroxyl groups is 1. The first-order valence-corrected chi connectivity index (χ1v) is 2.60. The number of likely N-dealkylation sites (N-methyl/N-ethyl adjacent to an activating group) is 1. The second kappa shape index (κ2) is 7.21. The van der Waals surface area contributed by atoms with E-state index in [0.717, 1.165) is 13.1 Å². The standard InChI is InChI=1S/C5H13NO.ClH/c1-3-6(2)4-5-7;/h7H,3-5H2,1-2H3;1H. The van der Waals surface area contributed by atoms with Gasteiger partial charge in [-0.1, -0.05) is 6.92 Å². The number of hydrogen-bond donors (Lipinski definition) is 1. The smallest absolute Gasteiger partial charge is 0.0558 e. The van der Waals surface area contributed by atoms with Crippen LogP contribution < -0.4 is 0 Å². The van der Waals surface area contributed by atoms with E-state index in [0.29, 0.717) is 0 Å². The van der Waals surface area contributed by atoms with Gasteiger partial charge in [0, 0.05) is 6.54 Å². The van der Waals surface area contributed by atoms with Crippen molar-refractivity contribution in [3.8, 4) is 0 Å². The lowest BCUT2D eigenvalue weighted by Gasteiger charge is -2.09. The first-order chi connectivity index (χ1) is 3.31. The Hall–Kier alpha value is 0.210. The van der Waals surface area contributed by atoms with Crippen LogP contribution in [0.4, 0.5) is 0 Å². The van der Waals surface area contributed by atoms with Gasteiger partial charge >= 0.3 is 0 Å². The monoisotopic (exact) mass is 139 g/mol. The molecule has 0 aliphatic carbocycles. The van der Waals surface area contributed by atoms with Crippen molar-refractivity contribution in [2.75, 3.05) is 26.7 Å². The van der Waals surface area contributed by atoms with Gasteiger partial charge in [0.1, 0.15) is 0 Å². The Labute approximate surface area is 56.9 Å². The molecule has 0 unspecified atom stereocenters. The molecule has 0 radical (unpaired) electrons. The number of halogens is 1. The maximum Gasteiger partial charge on any atom is 0.0558 e. The molecule has 0 aliphatic rings. The molecule has 52 valence electrons. The molecule has 0 heterocycles. The lowest BCUT2D eigenvalue weighted by molar-refractivity contribution is 0.227. The Morgan fingerprint density at radius 1 is 1.50 bits per heavy atom. The maximum absolute atomic E-state index is 8.33. The van der Waals surface area contributed by atoms with Crippen molar-refractivity contribution < 1.29 is 5.11 Å². The highest BCUT2D eigenvalue weighted by Crippen LogP contribution is 1.75. The van der Waals surface area contributed by atoms with Crippen molar-refractivity contribution >= 4 is 12.4 Å². The molecule has 0 atom stereocenters. The average Bonchev–Trinajstić information content (AvgIpc) is 1.68. The van der Waals surface area contributed by atoms with Crippen LogP contribution in [0.5, 0.6) is 0 Å². The highest BCUT2D eigenvalue weighted by atomic mass is 35.5. The van der Waals surface area contributed by atoms with Crippen molar-refractivity contribution in [2.45, 2.75) is 6.92 Å². The summed E-state index contributed by atoms with van der Waals surface area (Å²) in [6, 6.07) is 0. The molecule has 0 aromatic heterocycles. The Kier molecular flexibility index (Phi) is 9.97. The summed E-state index contributed by atoms with van der Waals surface area (Å²) < 4.78 is 0. The number of rotatable bonds is 3. The summed E-state index contributed by atoms with van der Waals surface area (Å²) in [6.45, 7) is 4.14. The quantitative estimate of drug-likeness (QED) is 0.610. The Morgan fingerprint density at radius 3 is 2.12 bits per heavy atom. The van der Waals surface area contributed by atoms with E-state index < -0.39 is 0 Å². The highest BCUT2D eigenvalue weighted by Gasteiger charge is 1.87. The zero-order chi connectivity index (χ0) is 5.70. The minimum Gasteiger partial charge on any atom is -0.395 e. The van der Waals surface area contributed by atoms with Crippen molar-refractivity contribution in [2.24, 2.45) is 0 Å². The molecule has 0 amide bonds. The predicted molar refractivity (Wildman–Crippen MR) is 37.5 cm³/mol. The van der Waals surface area contributed by atoms with Gasteiger partial charge in [0.05, 0.1) is 6.61 Å². The minimum atomic E-state index is 0. The fraction of sp³-hybridized carbons (Fsp3) is 1.00. The molecule has 3 heteroatoms. The molecular weight excluding hydrogens is 126 g/mol. The number of hydrogen-bond acceptors (Lipinski definition) is 2. The molecule has 0 saturated carbocycles. The van der Waals surface area contributed by atoms with Crippen molar-refractivity contribution in [3.63, 3.8) is 0 Å². The molecule has 0 bridgehead atoms. The molecule has 0 aromatic carbocycles. The van der Waals surface area contributed by atoms with E-state index in [1.165, 1.54) is 0 Å². The molecule has 0 aromatic rings. The predicted octanol–water partition coefficient (Wildman–Crippen LogP) is 0.352. The zero-order valence-electron chi connectivity index (χ0n) is 5.42. The minimum absolute atomic E-state index is 0. The second-order valence-corrected chi connectivity index (χ2v) is 1.62. The van der Waals surface area contributed by atoms with Crippen LogP contribution >= 0.6 is 12.4 Å². The van der Waals surface area contributed by atoms with Gasteiger partial charge in [0.2, 0.25) is 0 Å². The van der Waals surface area contributed by atoms with Gasteiger partial charge in [-0.15, -0.1) is 12.4 Å². The van der Waals surface area contributed by atoms with Crippen LogP contribution in [-0.4, -0.2) is 36.8 Å². The molecule has 8 heavy (non-hydrogen) atoms. The van der Waals surface area contributed by atoms with E-state index in [4.69, 9.17) is 5.11 Å². The Bertz CT molecular complexity index is 43.4. The second-order valence-electron chi connectivity index (χ2n) is 1.62. The summed E-state index contributed by atoms with van der Waals surface area (Å²) in [4.78, 5) is 2.06. The van der Waals surface area contributed by atoms with Crippen LogP contribution in [0.15, 0.2) is 0 Å². The van der Waals surface area contributed by atoms with Gasteiger partial charge < -0.3 is 10.0 Å². The molecule has 0 spiro atoms. The van der Waals surface area contributed by atoms with Gasteiger partial charge in [-0.25, -0.2) is 0 Å². The van der Waals surface area contributed by atoms with E-state index in [-0.39, 0.29) is 19.0 Å². The largest absolute Gasteiger partial charge is 0.395 e. The third-order valence-corrected chi connectivity index (χ3v) is 1.02. The van der Waals surface area contributed by atoms with Crippen LogP contribution in [-0.2, 0) is 0 Å². The summed E-state index contributed by atoms with van der Waals surface area (Å²) in [7, 11) is 1.98. The average molecular weight is 140 g/mol.